The molecular weight excluding hydrogens is 473 g/mol. The van der Waals surface area contributed by atoms with Gasteiger partial charge in [0.25, 0.3) is 17.5 Å². The number of nitrogens with zero attached hydrogens (tertiary/aromatic N) is 2. The number of nitro groups is 1. The second kappa shape index (κ2) is 13.1. The van der Waals surface area contributed by atoms with Crippen molar-refractivity contribution >= 4 is 33.6 Å². The van der Waals surface area contributed by atoms with Crippen LogP contribution in [0.25, 0.3) is 0 Å². The van der Waals surface area contributed by atoms with Crippen molar-refractivity contribution in [2.45, 2.75) is 50.5 Å². The molecule has 0 bridgehead atoms. The Morgan fingerprint density at radius 3 is 2.55 bits per heavy atom. The Balaban J connectivity index is 0.00000544. The zero-order chi connectivity index (χ0) is 23.9. The maximum Gasteiger partial charge on any atom is 1.00 e. The van der Waals surface area contributed by atoms with E-state index in [1.54, 1.807) is 12.1 Å². The van der Waals surface area contributed by atoms with E-state index in [1.807, 2.05) is 0 Å². The average Bonchev–Trinajstić information content (AvgIpc) is 3.01. The van der Waals surface area contributed by atoms with E-state index in [1.165, 1.54) is 6.07 Å². The van der Waals surface area contributed by atoms with Crippen LogP contribution in [-0.4, -0.2) is 57.6 Å². The van der Waals surface area contributed by atoms with Crippen molar-refractivity contribution in [1.29, 1.82) is 0 Å². The van der Waals surface area contributed by atoms with Crippen LogP contribution in [0.2, 0.25) is 0 Å². The molecule has 0 radical (unpaired) electrons. The first-order valence-electron chi connectivity index (χ1n) is 9.64. The number of nitro benzene ring substituents is 1. The Bertz CT molecular complexity index is 1000. The second-order valence-corrected chi connectivity index (χ2v) is 8.60. The minimum Gasteiger partial charge on any atom is -0.747 e. The van der Waals surface area contributed by atoms with Crippen molar-refractivity contribution in [2.75, 3.05) is 6.54 Å². The van der Waals surface area contributed by atoms with Gasteiger partial charge in [-0.25, -0.2) is 13.2 Å². The molecule has 1 saturated heterocycles. The summed E-state index contributed by atoms with van der Waals surface area (Å²) in [6, 6.07) is 4.47. The smallest absolute Gasteiger partial charge is 0.747 e. The van der Waals surface area contributed by atoms with Gasteiger partial charge in [-0.15, -0.1) is 5.06 Å². The van der Waals surface area contributed by atoms with Gasteiger partial charge in [0.2, 0.25) is 0 Å². The number of rotatable bonds is 12. The van der Waals surface area contributed by atoms with E-state index in [0.717, 1.165) is 5.56 Å². The van der Waals surface area contributed by atoms with Crippen LogP contribution in [0, 0.1) is 10.1 Å². The normalized spacial score (nSPS) is 15.9. The SMILES string of the molecule is O=C(CCCCCNCc1ccc([N+](=O)[O-])c(CO)c1)ON1C(=O)CC(S(=O)(=O)[O-])C1=O.[Na+]. The van der Waals surface area contributed by atoms with Crippen molar-refractivity contribution < 1.29 is 71.8 Å². The number of benzene rings is 1. The summed E-state index contributed by atoms with van der Waals surface area (Å²) >= 11 is 0. The molecule has 0 aliphatic carbocycles. The Hall–Kier alpha value is -1.94. The predicted molar refractivity (Wildman–Crippen MR) is 105 cm³/mol. The molecule has 15 heteroatoms. The average molecular weight is 495 g/mol. The van der Waals surface area contributed by atoms with E-state index in [-0.39, 0.29) is 52.3 Å². The fourth-order valence-corrected chi connectivity index (χ4v) is 3.72. The van der Waals surface area contributed by atoms with Crippen molar-refractivity contribution in [3.63, 3.8) is 0 Å². The van der Waals surface area contributed by atoms with E-state index < -0.39 is 51.1 Å². The minimum absolute atomic E-state index is 0. The molecule has 2 N–H and O–H groups in total. The summed E-state index contributed by atoms with van der Waals surface area (Å²) in [7, 11) is -5.02. The molecule has 33 heavy (non-hydrogen) atoms. The number of carbonyl (C=O) groups excluding carboxylic acids is 3. The number of aliphatic hydroxyl groups is 1. The van der Waals surface area contributed by atoms with Gasteiger partial charge >= 0.3 is 35.5 Å². The van der Waals surface area contributed by atoms with E-state index in [0.29, 0.717) is 32.4 Å². The summed E-state index contributed by atoms with van der Waals surface area (Å²) in [5, 5.41) is 21.2. The van der Waals surface area contributed by atoms with Crippen molar-refractivity contribution in [2.24, 2.45) is 0 Å². The first kappa shape index (κ1) is 29.1. The van der Waals surface area contributed by atoms with Crippen LogP contribution in [0.4, 0.5) is 5.69 Å². The Morgan fingerprint density at radius 2 is 1.97 bits per heavy atom. The quantitative estimate of drug-likeness (QED) is 0.0743. The third-order valence-corrected chi connectivity index (χ3v) is 5.74. The zero-order valence-electron chi connectivity index (χ0n) is 17.9. The first-order valence-corrected chi connectivity index (χ1v) is 11.1. The van der Waals surface area contributed by atoms with Gasteiger partial charge in [0.15, 0.2) is 0 Å². The monoisotopic (exact) mass is 495 g/mol. The number of unbranched alkanes of at least 4 members (excludes halogenated alkanes) is 2. The van der Waals surface area contributed by atoms with Crippen molar-refractivity contribution in [1.82, 2.24) is 10.4 Å². The molecule has 1 unspecified atom stereocenters. The molecule has 1 aliphatic heterocycles. The van der Waals surface area contributed by atoms with Crippen LogP contribution < -0.4 is 34.9 Å². The second-order valence-electron chi connectivity index (χ2n) is 7.04. The maximum atomic E-state index is 11.8. The number of hydrogen-bond donors (Lipinski definition) is 2. The molecule has 1 heterocycles. The number of imide groups is 1. The number of amides is 2. The van der Waals surface area contributed by atoms with Gasteiger partial charge < -0.3 is 19.8 Å². The third-order valence-electron chi connectivity index (χ3n) is 4.68. The van der Waals surface area contributed by atoms with Gasteiger partial charge in [0.05, 0.1) is 23.5 Å². The van der Waals surface area contributed by atoms with Gasteiger partial charge in [-0.3, -0.25) is 19.7 Å². The summed E-state index contributed by atoms with van der Waals surface area (Å²) in [4.78, 5) is 50.0. The number of carbonyl (C=O) groups is 3. The zero-order valence-corrected chi connectivity index (χ0v) is 20.7. The first-order chi connectivity index (χ1) is 15.0. The molecule has 1 aromatic carbocycles. The summed E-state index contributed by atoms with van der Waals surface area (Å²) in [6.07, 6.45) is 0.688. The summed E-state index contributed by atoms with van der Waals surface area (Å²) in [6.45, 7) is 0.560. The predicted octanol–water partition coefficient (Wildman–Crippen LogP) is -3.13. The molecule has 13 nitrogen and oxygen atoms in total. The van der Waals surface area contributed by atoms with E-state index in [4.69, 9.17) is 0 Å². The van der Waals surface area contributed by atoms with Crippen LogP contribution in [0.3, 0.4) is 0 Å². The van der Waals surface area contributed by atoms with Crippen LogP contribution >= 0.6 is 0 Å². The summed E-state index contributed by atoms with van der Waals surface area (Å²) in [5.74, 6) is -3.32. The third kappa shape index (κ3) is 8.41. The molecule has 1 aliphatic rings. The molecule has 1 fully saturated rings. The molecule has 0 spiro atoms. The van der Waals surface area contributed by atoms with Gasteiger partial charge in [0, 0.05) is 19.0 Å². The van der Waals surface area contributed by atoms with Crippen LogP contribution in [0.15, 0.2) is 18.2 Å². The topological polar surface area (TPSA) is 196 Å². The standard InChI is InChI=1S/C18H23N3O10S.Na/c22-11-13-8-12(5-6-14(13)21(26)27)10-19-7-3-1-2-4-17(24)31-20-16(23)9-15(18(20)25)32(28,29)30;/h5-6,8,15,19,22H,1-4,7,9-11H2,(H,28,29,30);/q;+1/p-1. The fraction of sp³-hybridized carbons (Fsp3) is 0.500. The molecule has 0 aromatic heterocycles. The number of hydroxylamine groups is 2. The number of aliphatic hydroxyl groups excluding tert-OH is 1. The maximum absolute atomic E-state index is 11.8. The molecule has 0 saturated carbocycles. The molecule has 176 valence electrons. The van der Waals surface area contributed by atoms with Gasteiger partial charge in [0.1, 0.15) is 15.4 Å². The van der Waals surface area contributed by atoms with Gasteiger partial charge in [-0.1, -0.05) is 12.5 Å². The van der Waals surface area contributed by atoms with E-state index in [2.05, 4.69) is 10.2 Å². The molecule has 1 atom stereocenters. The Morgan fingerprint density at radius 1 is 1.27 bits per heavy atom. The van der Waals surface area contributed by atoms with Gasteiger partial charge in [-0.05, 0) is 31.0 Å². The largest absolute Gasteiger partial charge is 1.00 e. The van der Waals surface area contributed by atoms with E-state index in [9.17, 15) is 42.6 Å². The molecule has 2 rings (SSSR count). The molecule has 2 amide bonds. The van der Waals surface area contributed by atoms with E-state index >= 15 is 0 Å². The van der Waals surface area contributed by atoms with Crippen molar-refractivity contribution in [3.05, 3.63) is 39.4 Å². The Kier molecular flexibility index (Phi) is 11.5. The summed E-state index contributed by atoms with van der Waals surface area (Å²) < 4.78 is 32.8. The van der Waals surface area contributed by atoms with Crippen LogP contribution in [0.5, 0.6) is 0 Å². The number of nitrogens with one attached hydrogen (secondary N) is 1. The summed E-state index contributed by atoms with van der Waals surface area (Å²) in [5.41, 5.74) is 0.842. The Labute approximate surface area is 211 Å². The van der Waals surface area contributed by atoms with Crippen molar-refractivity contribution in [3.8, 4) is 0 Å². The van der Waals surface area contributed by atoms with Crippen LogP contribution in [-0.2, 0) is 42.5 Å². The molecule has 1 aromatic rings. The minimum atomic E-state index is -5.02. The fourth-order valence-electron chi connectivity index (χ4n) is 3.03. The number of hydrogen-bond acceptors (Lipinski definition) is 11. The van der Waals surface area contributed by atoms with Crippen LogP contribution in [0.1, 0.15) is 43.2 Å². The molecular formula is C18H22N3NaO10S. The van der Waals surface area contributed by atoms with Gasteiger partial charge in [-0.2, -0.15) is 0 Å².